The normalized spacial score (nSPS) is 15.7. The van der Waals surface area contributed by atoms with E-state index < -0.39 is 6.36 Å². The van der Waals surface area contributed by atoms with Crippen molar-refractivity contribution < 1.29 is 32.0 Å². The molecule has 2 aromatic rings. The molecule has 1 fully saturated rings. The van der Waals surface area contributed by atoms with Gasteiger partial charge in [0.15, 0.2) is 0 Å². The van der Waals surface area contributed by atoms with Crippen LogP contribution in [0.15, 0.2) is 28.8 Å². The zero-order chi connectivity index (χ0) is 19.6. The molecule has 1 aliphatic heterocycles. The summed E-state index contributed by atoms with van der Waals surface area (Å²) < 4.78 is 51.6. The largest absolute Gasteiger partial charge is 0.573 e. The number of aromatic nitrogens is 1. The van der Waals surface area contributed by atoms with E-state index in [1.807, 2.05) is 0 Å². The van der Waals surface area contributed by atoms with Crippen LogP contribution in [0.5, 0.6) is 11.5 Å². The molecule has 0 radical (unpaired) electrons. The number of benzene rings is 1. The fraction of sp³-hybridized carbons (Fsp3) is 0.444. The van der Waals surface area contributed by atoms with Crippen LogP contribution in [0.2, 0.25) is 0 Å². The van der Waals surface area contributed by atoms with E-state index in [9.17, 15) is 18.0 Å². The van der Waals surface area contributed by atoms with Crippen molar-refractivity contribution in [2.75, 3.05) is 13.1 Å². The first-order valence-corrected chi connectivity index (χ1v) is 8.47. The molecule has 0 N–H and O–H groups in total. The molecule has 1 aromatic carbocycles. The summed E-state index contributed by atoms with van der Waals surface area (Å²) in [6.45, 7) is 4.37. The Labute approximate surface area is 153 Å². The first-order chi connectivity index (χ1) is 12.7. The first-order valence-electron chi connectivity index (χ1n) is 8.47. The van der Waals surface area contributed by atoms with Crippen LogP contribution < -0.4 is 9.47 Å². The van der Waals surface area contributed by atoms with E-state index in [-0.39, 0.29) is 17.8 Å². The van der Waals surface area contributed by atoms with Gasteiger partial charge in [0.2, 0.25) is 0 Å². The summed E-state index contributed by atoms with van der Waals surface area (Å²) in [5.74, 6) is 0.320. The number of ether oxygens (including phenoxy) is 2. The predicted octanol–water partition coefficient (Wildman–Crippen LogP) is 3.87. The van der Waals surface area contributed by atoms with E-state index in [0.29, 0.717) is 48.7 Å². The number of halogens is 3. The maximum atomic E-state index is 12.6. The molecule has 0 bridgehead atoms. The smallest absolute Gasteiger partial charge is 0.490 e. The van der Waals surface area contributed by atoms with E-state index >= 15 is 0 Å². The third-order valence-electron chi connectivity index (χ3n) is 4.32. The van der Waals surface area contributed by atoms with E-state index in [4.69, 9.17) is 9.26 Å². The van der Waals surface area contributed by atoms with E-state index in [2.05, 4.69) is 9.89 Å². The Morgan fingerprint density at radius 1 is 1.22 bits per heavy atom. The maximum Gasteiger partial charge on any atom is 0.573 e. The molecule has 3 rings (SSSR count). The van der Waals surface area contributed by atoms with Crippen molar-refractivity contribution in [2.45, 2.75) is 39.2 Å². The topological polar surface area (TPSA) is 64.8 Å². The van der Waals surface area contributed by atoms with Crippen LogP contribution in [-0.2, 0) is 0 Å². The Bertz CT molecular complexity index is 792. The van der Waals surface area contributed by atoms with Gasteiger partial charge in [-0.25, -0.2) is 0 Å². The molecule has 1 amide bonds. The zero-order valence-corrected chi connectivity index (χ0v) is 14.9. The van der Waals surface area contributed by atoms with Crippen LogP contribution in [0.25, 0.3) is 0 Å². The number of carbonyl (C=O) groups is 1. The minimum Gasteiger partial charge on any atom is -0.490 e. The van der Waals surface area contributed by atoms with Crippen molar-refractivity contribution in [3.8, 4) is 11.5 Å². The lowest BCUT2D eigenvalue weighted by Crippen LogP contribution is -2.42. The first kappa shape index (κ1) is 19.1. The van der Waals surface area contributed by atoms with Gasteiger partial charge in [-0.2, -0.15) is 0 Å². The fourth-order valence-corrected chi connectivity index (χ4v) is 3.06. The molecule has 1 aliphatic rings. The average Bonchev–Trinajstić information content (AvgIpc) is 2.92. The second kappa shape index (κ2) is 7.50. The highest BCUT2D eigenvalue weighted by molar-refractivity contribution is 5.96. The maximum absolute atomic E-state index is 12.6. The number of aryl methyl sites for hydroxylation is 2. The number of piperidine rings is 1. The van der Waals surface area contributed by atoms with Gasteiger partial charge in [0.1, 0.15) is 28.9 Å². The van der Waals surface area contributed by atoms with Crippen molar-refractivity contribution in [3.05, 3.63) is 41.3 Å². The lowest BCUT2D eigenvalue weighted by molar-refractivity contribution is -0.274. The highest BCUT2D eigenvalue weighted by atomic mass is 19.4. The monoisotopic (exact) mass is 384 g/mol. The Balaban J connectivity index is 1.57. The van der Waals surface area contributed by atoms with Crippen LogP contribution in [0.1, 0.15) is 34.7 Å². The third-order valence-corrected chi connectivity index (χ3v) is 4.32. The van der Waals surface area contributed by atoms with E-state index in [1.54, 1.807) is 24.8 Å². The molecule has 0 unspecified atom stereocenters. The molecule has 0 aliphatic carbocycles. The lowest BCUT2D eigenvalue weighted by Gasteiger charge is -2.32. The van der Waals surface area contributed by atoms with Gasteiger partial charge in [0, 0.05) is 32.0 Å². The Hall–Kier alpha value is -2.71. The number of carbonyl (C=O) groups excluding carboxylic acids is 1. The van der Waals surface area contributed by atoms with Crippen molar-refractivity contribution in [2.24, 2.45) is 0 Å². The number of hydrogen-bond donors (Lipinski definition) is 0. The predicted molar refractivity (Wildman–Crippen MR) is 88.7 cm³/mol. The quantitative estimate of drug-likeness (QED) is 0.801. The summed E-state index contributed by atoms with van der Waals surface area (Å²) in [4.78, 5) is 14.3. The van der Waals surface area contributed by atoms with Gasteiger partial charge < -0.3 is 18.9 Å². The number of amides is 1. The second-order valence-corrected chi connectivity index (χ2v) is 6.33. The van der Waals surface area contributed by atoms with Gasteiger partial charge in [-0.05, 0) is 26.0 Å². The van der Waals surface area contributed by atoms with Crippen LogP contribution in [0.4, 0.5) is 13.2 Å². The molecular formula is C18H19F3N2O4. The molecule has 2 heterocycles. The van der Waals surface area contributed by atoms with Crippen LogP contribution in [-0.4, -0.2) is 41.5 Å². The summed E-state index contributed by atoms with van der Waals surface area (Å²) in [6, 6.07) is 5.43. The van der Waals surface area contributed by atoms with Crippen LogP contribution in [0.3, 0.4) is 0 Å². The minimum atomic E-state index is -4.75. The van der Waals surface area contributed by atoms with Gasteiger partial charge in [-0.3, -0.25) is 4.79 Å². The Kier molecular flexibility index (Phi) is 5.29. The summed E-state index contributed by atoms with van der Waals surface area (Å²) in [5.41, 5.74) is 1.03. The fourth-order valence-electron chi connectivity index (χ4n) is 3.06. The third kappa shape index (κ3) is 4.72. The van der Waals surface area contributed by atoms with E-state index in [0.717, 1.165) is 0 Å². The van der Waals surface area contributed by atoms with Gasteiger partial charge in [-0.15, -0.1) is 13.2 Å². The summed E-state index contributed by atoms with van der Waals surface area (Å²) in [5, 5.41) is 3.80. The van der Waals surface area contributed by atoms with Crippen molar-refractivity contribution >= 4 is 5.91 Å². The number of hydrogen-bond acceptors (Lipinski definition) is 5. The molecule has 1 aromatic heterocycles. The molecule has 9 heteroatoms. The van der Waals surface area contributed by atoms with Gasteiger partial charge in [0.05, 0.1) is 5.69 Å². The lowest BCUT2D eigenvalue weighted by atomic mass is 10.1. The van der Waals surface area contributed by atoms with Crippen LogP contribution >= 0.6 is 0 Å². The van der Waals surface area contributed by atoms with Gasteiger partial charge in [-0.1, -0.05) is 11.2 Å². The average molecular weight is 384 g/mol. The zero-order valence-electron chi connectivity index (χ0n) is 14.9. The van der Waals surface area contributed by atoms with Gasteiger partial charge in [0.25, 0.3) is 5.91 Å². The summed E-state index contributed by atoms with van der Waals surface area (Å²) >= 11 is 0. The molecule has 27 heavy (non-hydrogen) atoms. The molecule has 0 spiro atoms. The van der Waals surface area contributed by atoms with Crippen molar-refractivity contribution in [1.82, 2.24) is 10.1 Å². The SMILES string of the molecule is Cc1noc(C)c1C(=O)N1CCC(Oc2cccc(OC(F)(F)F)c2)CC1. The van der Waals surface area contributed by atoms with E-state index in [1.165, 1.54) is 18.2 Å². The highest BCUT2D eigenvalue weighted by Crippen LogP contribution is 2.28. The summed E-state index contributed by atoms with van der Waals surface area (Å²) in [6.07, 6.45) is -3.80. The molecule has 6 nitrogen and oxygen atoms in total. The molecular weight excluding hydrogens is 365 g/mol. The second-order valence-electron chi connectivity index (χ2n) is 6.33. The molecule has 146 valence electrons. The minimum absolute atomic E-state index is 0.134. The number of nitrogens with zero attached hydrogens (tertiary/aromatic N) is 2. The Morgan fingerprint density at radius 3 is 2.48 bits per heavy atom. The number of alkyl halides is 3. The van der Waals surface area contributed by atoms with Crippen molar-refractivity contribution in [3.63, 3.8) is 0 Å². The van der Waals surface area contributed by atoms with Crippen molar-refractivity contribution in [1.29, 1.82) is 0 Å². The molecule has 0 saturated carbocycles. The number of likely N-dealkylation sites (tertiary alicyclic amines) is 1. The number of rotatable bonds is 4. The standard InChI is InChI=1S/C18H19F3N2O4/c1-11-16(12(2)27-22-11)17(24)23-8-6-13(7-9-23)25-14-4-3-5-15(10-14)26-18(19,20)21/h3-5,10,13H,6-9H2,1-2H3. The summed E-state index contributed by atoms with van der Waals surface area (Å²) in [7, 11) is 0. The van der Waals surface area contributed by atoms with Crippen LogP contribution in [0, 0.1) is 13.8 Å². The molecule has 0 atom stereocenters. The van der Waals surface area contributed by atoms with Gasteiger partial charge >= 0.3 is 6.36 Å². The Morgan fingerprint density at radius 2 is 1.89 bits per heavy atom. The highest BCUT2D eigenvalue weighted by Gasteiger charge is 2.31. The molecule has 1 saturated heterocycles.